The molecule has 0 aromatic heterocycles. The van der Waals surface area contributed by atoms with Crippen molar-refractivity contribution in [1.29, 1.82) is 10.5 Å². The van der Waals surface area contributed by atoms with Crippen LogP contribution < -0.4 is 4.74 Å². The lowest BCUT2D eigenvalue weighted by Crippen LogP contribution is -2.13. The summed E-state index contributed by atoms with van der Waals surface area (Å²) in [6, 6.07) is 5.75. The van der Waals surface area contributed by atoms with Gasteiger partial charge in [-0.25, -0.2) is 17.2 Å². The van der Waals surface area contributed by atoms with Crippen molar-refractivity contribution in [2.45, 2.75) is 24.2 Å². The van der Waals surface area contributed by atoms with Gasteiger partial charge in [0.25, 0.3) is 6.43 Å². The number of halogens is 2. The normalized spacial score (nSPS) is 15.9. The van der Waals surface area contributed by atoms with Crippen LogP contribution in [0.3, 0.4) is 0 Å². The van der Waals surface area contributed by atoms with Gasteiger partial charge in [-0.15, -0.1) is 0 Å². The molecule has 1 aromatic carbocycles. The smallest absolute Gasteiger partial charge is 0.268 e. The summed E-state index contributed by atoms with van der Waals surface area (Å²) < 4.78 is 55.0. The van der Waals surface area contributed by atoms with Crippen LogP contribution in [0.1, 0.15) is 30.4 Å². The van der Waals surface area contributed by atoms with E-state index >= 15 is 0 Å². The Bertz CT molecular complexity index is 788. The Kier molecular flexibility index (Phi) is 4.08. The second-order valence-corrected chi connectivity index (χ2v) is 7.20. The molecule has 0 N–H and O–H groups in total. The SMILES string of the molecule is CS(=O)(=O)c1ccc(OCC2(C#N)CC2)c(C(F)F)c1C#N. The maximum absolute atomic E-state index is 13.3. The molecule has 22 heavy (non-hydrogen) atoms. The second kappa shape index (κ2) is 5.54. The van der Waals surface area contributed by atoms with Crippen LogP contribution >= 0.6 is 0 Å². The van der Waals surface area contributed by atoms with E-state index in [0.29, 0.717) is 12.8 Å². The van der Waals surface area contributed by atoms with Crippen LogP contribution in [0, 0.1) is 28.1 Å². The van der Waals surface area contributed by atoms with Gasteiger partial charge in [0.15, 0.2) is 9.84 Å². The molecule has 5 nitrogen and oxygen atoms in total. The van der Waals surface area contributed by atoms with Crippen LogP contribution in [0.4, 0.5) is 8.78 Å². The van der Waals surface area contributed by atoms with Crippen molar-refractivity contribution in [2.75, 3.05) is 12.9 Å². The first-order valence-electron chi connectivity index (χ1n) is 6.33. The van der Waals surface area contributed by atoms with E-state index in [4.69, 9.17) is 15.3 Å². The third-order valence-corrected chi connectivity index (χ3v) is 4.63. The molecule has 0 heterocycles. The molecule has 0 unspecified atom stereocenters. The van der Waals surface area contributed by atoms with Gasteiger partial charge in [0.05, 0.1) is 27.5 Å². The first-order valence-corrected chi connectivity index (χ1v) is 8.22. The Morgan fingerprint density at radius 2 is 2.00 bits per heavy atom. The van der Waals surface area contributed by atoms with Crippen molar-refractivity contribution in [3.8, 4) is 17.9 Å². The van der Waals surface area contributed by atoms with E-state index in [-0.39, 0.29) is 12.4 Å². The summed E-state index contributed by atoms with van der Waals surface area (Å²) in [5.74, 6) is -0.263. The summed E-state index contributed by atoms with van der Waals surface area (Å²) in [6.45, 7) is -0.0632. The molecule has 0 aliphatic heterocycles. The molecule has 0 saturated heterocycles. The van der Waals surface area contributed by atoms with Crippen molar-refractivity contribution in [1.82, 2.24) is 0 Å². The fourth-order valence-electron chi connectivity index (χ4n) is 2.00. The molecule has 8 heteroatoms. The van der Waals surface area contributed by atoms with Crippen molar-refractivity contribution in [3.05, 3.63) is 23.3 Å². The summed E-state index contributed by atoms with van der Waals surface area (Å²) in [4.78, 5) is -0.459. The predicted molar refractivity (Wildman–Crippen MR) is 72.0 cm³/mol. The molecule has 1 fully saturated rings. The number of benzene rings is 1. The largest absolute Gasteiger partial charge is 0.491 e. The number of nitrogens with zero attached hydrogens (tertiary/aromatic N) is 2. The van der Waals surface area contributed by atoms with E-state index in [2.05, 4.69) is 6.07 Å². The molecular weight excluding hydrogens is 314 g/mol. The topological polar surface area (TPSA) is 90.9 Å². The second-order valence-electron chi connectivity index (χ2n) is 5.22. The van der Waals surface area contributed by atoms with Crippen LogP contribution in [0.25, 0.3) is 0 Å². The fourth-order valence-corrected chi connectivity index (χ4v) is 2.84. The number of sulfone groups is 1. The van der Waals surface area contributed by atoms with Gasteiger partial charge < -0.3 is 4.74 Å². The van der Waals surface area contributed by atoms with Gasteiger partial charge in [-0.05, 0) is 25.0 Å². The van der Waals surface area contributed by atoms with Gasteiger partial charge in [-0.2, -0.15) is 10.5 Å². The average molecular weight is 326 g/mol. The van der Waals surface area contributed by atoms with Gasteiger partial charge >= 0.3 is 0 Å². The third-order valence-electron chi connectivity index (χ3n) is 3.49. The summed E-state index contributed by atoms with van der Waals surface area (Å²) in [6.07, 6.45) is -0.975. The minimum atomic E-state index is -3.82. The van der Waals surface area contributed by atoms with Gasteiger partial charge in [-0.1, -0.05) is 0 Å². The molecule has 1 aliphatic carbocycles. The van der Waals surface area contributed by atoms with Gasteiger partial charge in [0, 0.05) is 6.26 Å². The van der Waals surface area contributed by atoms with E-state index in [1.165, 1.54) is 6.07 Å². The zero-order valence-electron chi connectivity index (χ0n) is 11.6. The van der Waals surface area contributed by atoms with Crippen molar-refractivity contribution >= 4 is 9.84 Å². The lowest BCUT2D eigenvalue weighted by Gasteiger charge is -2.15. The minimum Gasteiger partial charge on any atom is -0.491 e. The zero-order chi connectivity index (χ0) is 16.5. The monoisotopic (exact) mass is 326 g/mol. The maximum atomic E-state index is 13.3. The molecule has 0 amide bonds. The highest BCUT2D eigenvalue weighted by atomic mass is 32.2. The molecule has 1 aromatic rings. The lowest BCUT2D eigenvalue weighted by molar-refractivity contribution is 0.142. The maximum Gasteiger partial charge on any atom is 0.268 e. The van der Waals surface area contributed by atoms with E-state index in [0.717, 1.165) is 18.4 Å². The van der Waals surface area contributed by atoms with Crippen LogP contribution in [0.5, 0.6) is 5.75 Å². The summed E-state index contributed by atoms with van der Waals surface area (Å²) in [5, 5.41) is 18.0. The molecule has 1 saturated carbocycles. The molecule has 0 bridgehead atoms. The first-order chi connectivity index (χ1) is 10.2. The molecule has 116 valence electrons. The Morgan fingerprint density at radius 1 is 1.36 bits per heavy atom. The van der Waals surface area contributed by atoms with E-state index < -0.39 is 37.7 Å². The molecular formula is C14H12F2N2O3S. The average Bonchev–Trinajstić information content (AvgIpc) is 3.23. The van der Waals surface area contributed by atoms with Crippen LogP contribution in [-0.2, 0) is 9.84 Å². The van der Waals surface area contributed by atoms with Crippen molar-refractivity contribution < 1.29 is 21.9 Å². The quantitative estimate of drug-likeness (QED) is 0.829. The summed E-state index contributed by atoms with van der Waals surface area (Å²) in [5.41, 5.74) is -2.03. The van der Waals surface area contributed by atoms with Crippen LogP contribution in [0.15, 0.2) is 17.0 Å². The Labute approximate surface area is 126 Å². The summed E-state index contributed by atoms with van der Waals surface area (Å²) >= 11 is 0. The van der Waals surface area contributed by atoms with Crippen LogP contribution in [-0.4, -0.2) is 21.3 Å². The third kappa shape index (κ3) is 3.02. The summed E-state index contributed by atoms with van der Waals surface area (Å²) in [7, 11) is -3.82. The number of nitriles is 2. The van der Waals surface area contributed by atoms with Crippen molar-refractivity contribution in [2.24, 2.45) is 5.41 Å². The number of alkyl halides is 2. The van der Waals surface area contributed by atoms with Crippen LogP contribution in [0.2, 0.25) is 0 Å². The van der Waals surface area contributed by atoms with E-state index in [1.54, 1.807) is 0 Å². The standard InChI is InChI=1S/C14H12F2N2O3S/c1-22(19,20)11-3-2-10(12(13(15)16)9(11)6-17)21-8-14(7-18)4-5-14/h2-3,13H,4-5,8H2,1H3. The number of rotatable bonds is 5. The van der Waals surface area contributed by atoms with Gasteiger partial charge in [0.1, 0.15) is 18.4 Å². The highest BCUT2D eigenvalue weighted by Gasteiger charge is 2.44. The predicted octanol–water partition coefficient (Wildman–Crippen LogP) is 2.58. The Morgan fingerprint density at radius 3 is 2.41 bits per heavy atom. The minimum absolute atomic E-state index is 0.0632. The molecule has 0 radical (unpaired) electrons. The molecule has 0 spiro atoms. The first kappa shape index (κ1) is 16.2. The van der Waals surface area contributed by atoms with E-state index in [9.17, 15) is 17.2 Å². The van der Waals surface area contributed by atoms with Gasteiger partial charge in [-0.3, -0.25) is 0 Å². The Balaban J connectivity index is 2.48. The highest BCUT2D eigenvalue weighted by molar-refractivity contribution is 7.90. The molecule has 0 atom stereocenters. The molecule has 2 rings (SSSR count). The molecule has 1 aliphatic rings. The Hall–Kier alpha value is -2.19. The van der Waals surface area contributed by atoms with Gasteiger partial charge in [0.2, 0.25) is 0 Å². The lowest BCUT2D eigenvalue weighted by atomic mass is 10.1. The fraction of sp³-hybridized carbons (Fsp3) is 0.429. The zero-order valence-corrected chi connectivity index (χ0v) is 12.5. The number of hydrogen-bond acceptors (Lipinski definition) is 5. The van der Waals surface area contributed by atoms with E-state index in [1.807, 2.05) is 0 Å². The number of hydrogen-bond donors (Lipinski definition) is 0. The van der Waals surface area contributed by atoms with Crippen molar-refractivity contribution in [3.63, 3.8) is 0 Å². The number of ether oxygens (including phenoxy) is 1. The highest BCUT2D eigenvalue weighted by Crippen LogP contribution is 2.46.